The van der Waals surface area contributed by atoms with Crippen LogP contribution in [0.25, 0.3) is 0 Å². The number of carbonyl (C=O) groups is 1. The highest BCUT2D eigenvalue weighted by Crippen LogP contribution is 2.24. The van der Waals surface area contributed by atoms with Gasteiger partial charge in [0.15, 0.2) is 0 Å². The molecule has 0 bridgehead atoms. The molecular weight excluding hydrogens is 392 g/mol. The van der Waals surface area contributed by atoms with Gasteiger partial charge in [0, 0.05) is 24.2 Å². The van der Waals surface area contributed by atoms with Crippen LogP contribution < -0.4 is 10.1 Å². The van der Waals surface area contributed by atoms with Crippen LogP contribution in [-0.2, 0) is 20.5 Å². The lowest BCUT2D eigenvalue weighted by molar-refractivity contribution is 0.0729. The van der Waals surface area contributed by atoms with Crippen molar-refractivity contribution in [1.29, 1.82) is 0 Å². The standard InChI is InChI=1S/C21H26N2O5S/c1-16(19-5-3-4-6-20(19)27-2)22-21(24)18-9-7-17(8-10-18)15-29(25,26)23-11-13-28-14-12-23/h3-10,16H,11-15H2,1-2H3,(H,22,24)/t16-/m1/s1. The van der Waals surface area contributed by atoms with E-state index in [9.17, 15) is 13.2 Å². The summed E-state index contributed by atoms with van der Waals surface area (Å²) in [5.74, 6) is 0.391. The highest BCUT2D eigenvalue weighted by Gasteiger charge is 2.24. The van der Waals surface area contributed by atoms with Gasteiger partial charge in [-0.2, -0.15) is 4.31 Å². The molecule has 0 spiro atoms. The van der Waals surface area contributed by atoms with Gasteiger partial charge in [-0.1, -0.05) is 30.3 Å². The van der Waals surface area contributed by atoms with E-state index in [-0.39, 0.29) is 17.7 Å². The molecule has 7 nitrogen and oxygen atoms in total. The van der Waals surface area contributed by atoms with Gasteiger partial charge < -0.3 is 14.8 Å². The maximum absolute atomic E-state index is 12.6. The molecule has 29 heavy (non-hydrogen) atoms. The van der Waals surface area contributed by atoms with Crippen molar-refractivity contribution in [3.63, 3.8) is 0 Å². The minimum absolute atomic E-state index is 0.0908. The van der Waals surface area contributed by atoms with Gasteiger partial charge in [0.1, 0.15) is 5.75 Å². The van der Waals surface area contributed by atoms with Gasteiger partial charge in [0.2, 0.25) is 10.0 Å². The zero-order valence-corrected chi connectivity index (χ0v) is 17.4. The predicted molar refractivity (Wildman–Crippen MR) is 110 cm³/mol. The third-order valence-electron chi connectivity index (χ3n) is 4.88. The molecule has 2 aromatic rings. The summed E-state index contributed by atoms with van der Waals surface area (Å²) < 4.78 is 37.0. The molecule has 0 unspecified atom stereocenters. The zero-order chi connectivity index (χ0) is 20.9. The van der Waals surface area contributed by atoms with Crippen LogP contribution in [0.1, 0.15) is 34.5 Å². The molecule has 1 saturated heterocycles. The number of methoxy groups -OCH3 is 1. The molecule has 1 heterocycles. The lowest BCUT2D eigenvalue weighted by Crippen LogP contribution is -2.41. The molecule has 1 atom stereocenters. The molecule has 3 rings (SSSR count). The molecule has 1 fully saturated rings. The van der Waals surface area contributed by atoms with Crippen LogP contribution in [-0.4, -0.2) is 52.0 Å². The highest BCUT2D eigenvalue weighted by molar-refractivity contribution is 7.88. The van der Waals surface area contributed by atoms with Crippen molar-refractivity contribution >= 4 is 15.9 Å². The Kier molecular flexibility index (Phi) is 6.89. The molecule has 1 N–H and O–H groups in total. The van der Waals surface area contributed by atoms with Crippen LogP contribution in [0.15, 0.2) is 48.5 Å². The Bertz CT molecular complexity index is 938. The van der Waals surface area contributed by atoms with E-state index < -0.39 is 10.0 Å². The Morgan fingerprint density at radius 2 is 1.79 bits per heavy atom. The highest BCUT2D eigenvalue weighted by atomic mass is 32.2. The Morgan fingerprint density at radius 3 is 2.45 bits per heavy atom. The number of hydrogen-bond donors (Lipinski definition) is 1. The van der Waals surface area contributed by atoms with E-state index >= 15 is 0 Å². The molecule has 0 aromatic heterocycles. The number of nitrogens with one attached hydrogen (secondary N) is 1. The number of morpholine rings is 1. The van der Waals surface area contributed by atoms with E-state index in [4.69, 9.17) is 9.47 Å². The van der Waals surface area contributed by atoms with Crippen molar-refractivity contribution in [2.24, 2.45) is 0 Å². The SMILES string of the molecule is COc1ccccc1[C@@H](C)NC(=O)c1ccc(CS(=O)(=O)N2CCOCC2)cc1. The molecule has 156 valence electrons. The first-order valence-corrected chi connectivity index (χ1v) is 11.1. The summed E-state index contributed by atoms with van der Waals surface area (Å²) in [6.45, 7) is 3.48. The molecule has 0 aliphatic carbocycles. The molecule has 0 radical (unpaired) electrons. The first-order chi connectivity index (χ1) is 13.9. The minimum atomic E-state index is -3.39. The number of para-hydroxylation sites is 1. The van der Waals surface area contributed by atoms with Crippen molar-refractivity contribution in [1.82, 2.24) is 9.62 Å². The third-order valence-corrected chi connectivity index (χ3v) is 6.73. The maximum Gasteiger partial charge on any atom is 0.251 e. The summed E-state index contributed by atoms with van der Waals surface area (Å²) in [5.41, 5.74) is 2.00. The number of sulfonamides is 1. The van der Waals surface area contributed by atoms with Crippen LogP contribution >= 0.6 is 0 Å². The molecule has 1 amide bonds. The monoisotopic (exact) mass is 418 g/mol. The molecule has 8 heteroatoms. The number of rotatable bonds is 7. The van der Waals surface area contributed by atoms with E-state index in [1.165, 1.54) is 4.31 Å². The van der Waals surface area contributed by atoms with Gasteiger partial charge in [-0.15, -0.1) is 0 Å². The van der Waals surface area contributed by atoms with Crippen molar-refractivity contribution in [3.05, 3.63) is 65.2 Å². The number of carbonyl (C=O) groups excluding carboxylic acids is 1. The summed E-state index contributed by atoms with van der Waals surface area (Å²) in [4.78, 5) is 12.6. The quantitative estimate of drug-likeness (QED) is 0.746. The lowest BCUT2D eigenvalue weighted by Gasteiger charge is -2.26. The summed E-state index contributed by atoms with van der Waals surface area (Å²) in [5, 5.41) is 2.95. The van der Waals surface area contributed by atoms with Crippen molar-refractivity contribution in [2.45, 2.75) is 18.7 Å². The lowest BCUT2D eigenvalue weighted by atomic mass is 10.1. The summed E-state index contributed by atoms with van der Waals surface area (Å²) in [6.07, 6.45) is 0. The van der Waals surface area contributed by atoms with E-state index in [0.29, 0.717) is 43.2 Å². The fourth-order valence-electron chi connectivity index (χ4n) is 3.26. The first kappa shape index (κ1) is 21.3. The van der Waals surface area contributed by atoms with Crippen molar-refractivity contribution in [3.8, 4) is 5.75 Å². The van der Waals surface area contributed by atoms with Crippen molar-refractivity contribution < 1.29 is 22.7 Å². The first-order valence-electron chi connectivity index (χ1n) is 9.49. The topological polar surface area (TPSA) is 84.9 Å². The number of hydrogen-bond acceptors (Lipinski definition) is 5. The van der Waals surface area contributed by atoms with Crippen LogP contribution in [0.5, 0.6) is 5.75 Å². The second kappa shape index (κ2) is 9.39. The van der Waals surface area contributed by atoms with Gasteiger partial charge in [0.25, 0.3) is 5.91 Å². The second-order valence-corrected chi connectivity index (χ2v) is 8.87. The fraction of sp³-hybridized carbons (Fsp3) is 0.381. The number of benzene rings is 2. The summed E-state index contributed by atoms with van der Waals surface area (Å²) >= 11 is 0. The van der Waals surface area contributed by atoms with Gasteiger partial charge >= 0.3 is 0 Å². The Hall–Kier alpha value is -2.42. The summed E-state index contributed by atoms with van der Waals surface area (Å²) in [6, 6.07) is 13.9. The van der Waals surface area contributed by atoms with Crippen LogP contribution in [0.3, 0.4) is 0 Å². The van der Waals surface area contributed by atoms with Gasteiger partial charge in [0.05, 0.1) is 32.1 Å². The van der Waals surface area contributed by atoms with Crippen LogP contribution in [0.2, 0.25) is 0 Å². The van der Waals surface area contributed by atoms with Crippen LogP contribution in [0.4, 0.5) is 0 Å². The van der Waals surface area contributed by atoms with E-state index in [1.54, 1.807) is 31.4 Å². The maximum atomic E-state index is 12.6. The normalized spacial score (nSPS) is 16.2. The molecule has 1 aliphatic rings. The average molecular weight is 419 g/mol. The van der Waals surface area contributed by atoms with Gasteiger partial charge in [-0.25, -0.2) is 8.42 Å². The fourth-order valence-corrected chi connectivity index (χ4v) is 4.76. The average Bonchev–Trinajstić information content (AvgIpc) is 2.74. The molecule has 2 aromatic carbocycles. The largest absolute Gasteiger partial charge is 0.496 e. The van der Waals surface area contributed by atoms with Gasteiger partial charge in [-0.3, -0.25) is 4.79 Å². The Labute approximate surface area is 171 Å². The molecular formula is C21H26N2O5S. The third kappa shape index (κ3) is 5.35. The van der Waals surface area contributed by atoms with E-state index in [2.05, 4.69) is 5.32 Å². The Morgan fingerprint density at radius 1 is 1.14 bits per heavy atom. The van der Waals surface area contributed by atoms with Gasteiger partial charge in [-0.05, 0) is 30.7 Å². The number of nitrogens with zero attached hydrogens (tertiary/aromatic N) is 1. The van der Waals surface area contributed by atoms with Crippen LogP contribution in [0, 0.1) is 0 Å². The van der Waals surface area contributed by atoms with E-state index in [1.807, 2.05) is 31.2 Å². The summed E-state index contributed by atoms with van der Waals surface area (Å²) in [7, 11) is -1.80. The zero-order valence-electron chi connectivity index (χ0n) is 16.6. The second-order valence-electron chi connectivity index (χ2n) is 6.90. The smallest absolute Gasteiger partial charge is 0.251 e. The van der Waals surface area contributed by atoms with Crippen molar-refractivity contribution in [2.75, 3.05) is 33.4 Å². The minimum Gasteiger partial charge on any atom is -0.496 e. The predicted octanol–water partition coefficient (Wildman–Crippen LogP) is 2.35. The Balaban J connectivity index is 1.64. The van der Waals surface area contributed by atoms with E-state index in [0.717, 1.165) is 5.56 Å². The number of ether oxygens (including phenoxy) is 2. The number of amides is 1. The molecule has 1 aliphatic heterocycles. The molecule has 0 saturated carbocycles.